The number of aliphatic hydroxyl groups excluding tert-OH is 1. The molecular formula is C10H9ClN2OS. The van der Waals surface area contributed by atoms with Gasteiger partial charge in [-0.15, -0.1) is 0 Å². The van der Waals surface area contributed by atoms with Crippen LogP contribution >= 0.6 is 23.3 Å². The normalized spacial score (nSPS) is 12.7. The number of benzene rings is 1. The van der Waals surface area contributed by atoms with E-state index >= 15 is 0 Å². The fourth-order valence-electron chi connectivity index (χ4n) is 1.24. The Bertz CT molecular complexity index is 458. The van der Waals surface area contributed by atoms with Crippen molar-refractivity contribution in [1.29, 1.82) is 0 Å². The van der Waals surface area contributed by atoms with Crippen molar-refractivity contribution >= 4 is 23.3 Å². The molecule has 0 fully saturated rings. The van der Waals surface area contributed by atoms with Gasteiger partial charge in [0, 0.05) is 5.02 Å². The van der Waals surface area contributed by atoms with Gasteiger partial charge in [-0.3, -0.25) is 0 Å². The molecule has 0 aliphatic rings. The van der Waals surface area contributed by atoms with Crippen LogP contribution in [0.2, 0.25) is 5.02 Å². The van der Waals surface area contributed by atoms with Gasteiger partial charge in [-0.1, -0.05) is 23.7 Å². The summed E-state index contributed by atoms with van der Waals surface area (Å²) in [4.78, 5) is 0. The zero-order valence-corrected chi connectivity index (χ0v) is 9.59. The molecule has 0 aliphatic heterocycles. The van der Waals surface area contributed by atoms with Crippen LogP contribution in [-0.4, -0.2) is 13.9 Å². The van der Waals surface area contributed by atoms with E-state index in [4.69, 9.17) is 11.6 Å². The predicted molar refractivity (Wildman–Crippen MR) is 60.2 cm³/mol. The maximum atomic E-state index is 9.94. The average Bonchev–Trinajstić information content (AvgIpc) is 2.74. The molecule has 3 nitrogen and oxygen atoms in total. The lowest BCUT2D eigenvalue weighted by atomic mass is 10.1. The molecule has 1 heterocycles. The molecule has 0 saturated heterocycles. The quantitative estimate of drug-likeness (QED) is 0.878. The molecule has 1 atom stereocenters. The Hall–Kier alpha value is -0.970. The molecule has 1 aromatic heterocycles. The van der Waals surface area contributed by atoms with Crippen molar-refractivity contribution in [3.8, 4) is 0 Å². The fourth-order valence-corrected chi connectivity index (χ4v) is 1.87. The van der Waals surface area contributed by atoms with Crippen LogP contribution in [-0.2, 0) is 0 Å². The first-order chi connectivity index (χ1) is 7.18. The van der Waals surface area contributed by atoms with Crippen LogP contribution in [0.25, 0.3) is 0 Å². The zero-order chi connectivity index (χ0) is 10.8. The standard InChI is InChI=1S/C10H9ClN2OS/c1-6-2-3-7(4-8(6)11)10(14)9-5-12-15-13-9/h2-5,10,14H,1H3. The third-order valence-corrected chi connectivity index (χ3v) is 3.07. The third-order valence-electron chi connectivity index (χ3n) is 2.17. The summed E-state index contributed by atoms with van der Waals surface area (Å²) >= 11 is 7.05. The Labute approximate surface area is 96.7 Å². The summed E-state index contributed by atoms with van der Waals surface area (Å²) in [6, 6.07) is 5.47. The predicted octanol–water partition coefficient (Wildman–Crippen LogP) is 2.58. The maximum absolute atomic E-state index is 9.94. The van der Waals surface area contributed by atoms with Crippen molar-refractivity contribution in [1.82, 2.24) is 8.75 Å². The highest BCUT2D eigenvalue weighted by Gasteiger charge is 2.13. The van der Waals surface area contributed by atoms with Gasteiger partial charge in [0.15, 0.2) is 0 Å². The number of aromatic nitrogens is 2. The van der Waals surface area contributed by atoms with Gasteiger partial charge < -0.3 is 5.11 Å². The first kappa shape index (κ1) is 10.5. The molecule has 78 valence electrons. The van der Waals surface area contributed by atoms with E-state index in [2.05, 4.69) is 8.75 Å². The van der Waals surface area contributed by atoms with Crippen LogP contribution < -0.4 is 0 Å². The number of halogens is 1. The molecule has 0 radical (unpaired) electrons. The molecule has 1 unspecified atom stereocenters. The van der Waals surface area contributed by atoms with Gasteiger partial charge in [-0.25, -0.2) is 0 Å². The molecule has 0 aliphatic carbocycles. The largest absolute Gasteiger partial charge is 0.382 e. The van der Waals surface area contributed by atoms with Crippen LogP contribution in [0.15, 0.2) is 24.4 Å². The average molecular weight is 241 g/mol. The van der Waals surface area contributed by atoms with Crippen molar-refractivity contribution in [3.63, 3.8) is 0 Å². The summed E-state index contributed by atoms with van der Waals surface area (Å²) in [5, 5.41) is 10.6. The second kappa shape index (κ2) is 4.26. The summed E-state index contributed by atoms with van der Waals surface area (Å²) in [5.74, 6) is 0. The van der Waals surface area contributed by atoms with E-state index in [-0.39, 0.29) is 0 Å². The Morgan fingerprint density at radius 1 is 1.47 bits per heavy atom. The molecule has 5 heteroatoms. The van der Waals surface area contributed by atoms with E-state index in [1.54, 1.807) is 12.3 Å². The Balaban J connectivity index is 2.34. The van der Waals surface area contributed by atoms with E-state index in [0.717, 1.165) is 22.9 Å². The lowest BCUT2D eigenvalue weighted by Gasteiger charge is -2.08. The second-order valence-electron chi connectivity index (χ2n) is 3.24. The van der Waals surface area contributed by atoms with Gasteiger partial charge in [-0.05, 0) is 24.1 Å². The van der Waals surface area contributed by atoms with Crippen molar-refractivity contribution in [2.45, 2.75) is 13.0 Å². The van der Waals surface area contributed by atoms with Gasteiger partial charge in [0.25, 0.3) is 0 Å². The summed E-state index contributed by atoms with van der Waals surface area (Å²) in [7, 11) is 0. The number of aryl methyl sites for hydroxylation is 1. The number of hydrogen-bond acceptors (Lipinski definition) is 4. The van der Waals surface area contributed by atoms with Crippen LogP contribution in [0, 0.1) is 6.92 Å². The van der Waals surface area contributed by atoms with Crippen molar-refractivity contribution in [2.24, 2.45) is 0 Å². The van der Waals surface area contributed by atoms with E-state index in [1.807, 2.05) is 19.1 Å². The smallest absolute Gasteiger partial charge is 0.124 e. The molecule has 0 bridgehead atoms. The molecule has 0 saturated carbocycles. The lowest BCUT2D eigenvalue weighted by Crippen LogP contribution is -1.99. The summed E-state index contributed by atoms with van der Waals surface area (Å²) in [6.45, 7) is 1.92. The minimum Gasteiger partial charge on any atom is -0.382 e. The third kappa shape index (κ3) is 2.17. The minimum atomic E-state index is -0.748. The monoisotopic (exact) mass is 240 g/mol. The highest BCUT2D eigenvalue weighted by atomic mass is 35.5. The van der Waals surface area contributed by atoms with Gasteiger partial charge in [0.2, 0.25) is 0 Å². The van der Waals surface area contributed by atoms with Gasteiger partial charge >= 0.3 is 0 Å². The van der Waals surface area contributed by atoms with Gasteiger partial charge in [0.1, 0.15) is 11.8 Å². The first-order valence-corrected chi connectivity index (χ1v) is 5.51. The Morgan fingerprint density at radius 3 is 2.87 bits per heavy atom. The number of rotatable bonds is 2. The van der Waals surface area contributed by atoms with Crippen LogP contribution in [0.3, 0.4) is 0 Å². The van der Waals surface area contributed by atoms with Crippen molar-refractivity contribution < 1.29 is 5.11 Å². The molecule has 0 spiro atoms. The number of hydrogen-bond donors (Lipinski definition) is 1. The summed E-state index contributed by atoms with van der Waals surface area (Å²) < 4.78 is 7.83. The van der Waals surface area contributed by atoms with Crippen molar-refractivity contribution in [2.75, 3.05) is 0 Å². The molecule has 0 amide bonds. The van der Waals surface area contributed by atoms with E-state index < -0.39 is 6.10 Å². The van der Waals surface area contributed by atoms with E-state index in [1.165, 1.54) is 0 Å². The maximum Gasteiger partial charge on any atom is 0.124 e. The van der Waals surface area contributed by atoms with Crippen LogP contribution in [0.5, 0.6) is 0 Å². The molecule has 2 aromatic rings. The highest BCUT2D eigenvalue weighted by molar-refractivity contribution is 6.99. The SMILES string of the molecule is Cc1ccc(C(O)c2cnsn2)cc1Cl. The molecular weight excluding hydrogens is 232 g/mol. The minimum absolute atomic E-state index is 0.555. The summed E-state index contributed by atoms with van der Waals surface area (Å²) in [5.41, 5.74) is 2.28. The highest BCUT2D eigenvalue weighted by Crippen LogP contribution is 2.25. The lowest BCUT2D eigenvalue weighted by molar-refractivity contribution is 0.216. The topological polar surface area (TPSA) is 46.0 Å². The number of aliphatic hydroxyl groups is 1. The van der Waals surface area contributed by atoms with Gasteiger partial charge in [0.05, 0.1) is 17.9 Å². The Morgan fingerprint density at radius 2 is 2.27 bits per heavy atom. The van der Waals surface area contributed by atoms with Crippen molar-refractivity contribution in [3.05, 3.63) is 46.2 Å². The molecule has 15 heavy (non-hydrogen) atoms. The number of nitrogens with zero attached hydrogens (tertiary/aromatic N) is 2. The zero-order valence-electron chi connectivity index (χ0n) is 8.01. The molecule has 1 N–H and O–H groups in total. The van der Waals surface area contributed by atoms with Crippen LogP contribution in [0.1, 0.15) is 22.9 Å². The fraction of sp³-hybridized carbons (Fsp3) is 0.200. The second-order valence-corrected chi connectivity index (χ2v) is 4.21. The van der Waals surface area contributed by atoms with Gasteiger partial charge in [-0.2, -0.15) is 8.75 Å². The van der Waals surface area contributed by atoms with E-state index in [9.17, 15) is 5.11 Å². The molecule has 1 aromatic carbocycles. The Kier molecular flexibility index (Phi) is 3.00. The summed E-state index contributed by atoms with van der Waals surface area (Å²) in [6.07, 6.45) is 0.810. The molecule has 2 rings (SSSR count). The van der Waals surface area contributed by atoms with Crippen LogP contribution in [0.4, 0.5) is 0 Å². The van der Waals surface area contributed by atoms with E-state index in [0.29, 0.717) is 10.7 Å². The first-order valence-electron chi connectivity index (χ1n) is 4.40.